The van der Waals surface area contributed by atoms with Gasteiger partial charge in [0.1, 0.15) is 65.7 Å². The van der Waals surface area contributed by atoms with E-state index in [0.717, 1.165) is 24.3 Å². The number of hydrogen-bond donors (Lipinski definition) is 0. The summed E-state index contributed by atoms with van der Waals surface area (Å²) in [5.74, 6) is -44.5. The van der Waals surface area contributed by atoms with Crippen LogP contribution in [-0.2, 0) is 19.7 Å². The molecule has 0 bridgehead atoms. The van der Waals surface area contributed by atoms with Crippen LogP contribution in [0.25, 0.3) is 22.3 Å². The molecule has 0 atom stereocenters. The lowest BCUT2D eigenvalue weighted by molar-refractivity contribution is 0.350. The molecule has 0 saturated heterocycles. The van der Waals surface area contributed by atoms with Gasteiger partial charge in [-0.15, -0.1) is 0 Å². The number of nitrogens with zero attached hydrogens (tertiary/aromatic N) is 1. The molecule has 0 amide bonds. The predicted molar refractivity (Wildman–Crippen MR) is 261 cm³/mol. The Bertz CT molecular complexity index is 4100. The van der Waals surface area contributed by atoms with Crippen LogP contribution in [0.1, 0.15) is 16.7 Å². The highest BCUT2D eigenvalue weighted by molar-refractivity contribution is 7.91. The van der Waals surface area contributed by atoms with Crippen LogP contribution < -0.4 is 18.9 Å². The van der Waals surface area contributed by atoms with Crippen LogP contribution in [0.2, 0.25) is 0 Å². The van der Waals surface area contributed by atoms with E-state index in [1.165, 1.54) is 91.0 Å². The van der Waals surface area contributed by atoms with Gasteiger partial charge in [0.05, 0.1) is 0 Å². The zero-order valence-electron chi connectivity index (χ0n) is 41.5. The van der Waals surface area contributed by atoms with Gasteiger partial charge in [0.25, 0.3) is 0 Å². The summed E-state index contributed by atoms with van der Waals surface area (Å²) in [6.07, 6.45) is 0. The number of nitriles is 1. The van der Waals surface area contributed by atoms with Crippen LogP contribution in [0.4, 0.5) is 70.2 Å². The summed E-state index contributed by atoms with van der Waals surface area (Å²) in [4.78, 5) is -10.3. The number of sulfone groups is 2. The molecule has 0 aliphatic carbocycles. The lowest BCUT2D eigenvalue weighted by atomic mass is 10.1. The third-order valence-electron chi connectivity index (χ3n) is 12.4. The Morgan fingerprint density at radius 3 is 0.750 bits per heavy atom. The van der Waals surface area contributed by atoms with Gasteiger partial charge < -0.3 is 18.9 Å². The fourth-order valence-corrected chi connectivity index (χ4v) is 11.1. The molecule has 0 radical (unpaired) electrons. The van der Waals surface area contributed by atoms with Gasteiger partial charge in [0.15, 0.2) is 69.8 Å². The number of benzene rings is 9. The second kappa shape index (κ2) is 22.3. The van der Waals surface area contributed by atoms with Crippen molar-refractivity contribution in [2.75, 3.05) is 0 Å². The molecule has 9 aromatic rings. The molecule has 9 aromatic carbocycles. The standard InChI is InChI=1S/C57H25F16NO8S2/c1-23-36(58)44(66)54(45(67)37(23)59)83(75,76)56-48(70)40(62)52(41(63)49(56)71)81-31-18-10-27(11-19-31)25-6-14-29(15-7-25)79-34-4-3-5-35(33(34)22-74)80-30-16-8-26(9-17-30)28-12-20-32(21-13-28)82-53-42(64)50(72)57(51(73)43(53)65)84(77,78)55-46(68)38(60)24(2)39(61)47(55)69/h3-21H,1-2H3. The zero-order chi connectivity index (χ0) is 61.2. The molecule has 0 aliphatic heterocycles. The third-order valence-corrected chi connectivity index (χ3v) is 16.0. The second-order valence-electron chi connectivity index (χ2n) is 17.5. The first-order valence-electron chi connectivity index (χ1n) is 23.1. The van der Waals surface area contributed by atoms with Crippen molar-refractivity contribution in [3.63, 3.8) is 0 Å². The summed E-state index contributed by atoms with van der Waals surface area (Å²) in [5.41, 5.74) is -0.970. The van der Waals surface area contributed by atoms with Gasteiger partial charge in [-0.3, -0.25) is 0 Å². The van der Waals surface area contributed by atoms with E-state index < -0.39 is 166 Å². The quantitative estimate of drug-likeness (QED) is 0.0772. The van der Waals surface area contributed by atoms with Crippen molar-refractivity contribution in [1.82, 2.24) is 0 Å². The van der Waals surface area contributed by atoms with Gasteiger partial charge >= 0.3 is 0 Å². The average Bonchev–Trinajstić information content (AvgIpc) is 2.28. The molecule has 430 valence electrons. The Kier molecular flexibility index (Phi) is 15.7. The minimum absolute atomic E-state index is 0.0334. The summed E-state index contributed by atoms with van der Waals surface area (Å²) in [5, 5.41) is 10.1. The molecular weight excluding hydrogens is 1190 g/mol. The molecule has 84 heavy (non-hydrogen) atoms. The maximum absolute atomic E-state index is 15.2. The number of halogens is 16. The minimum atomic E-state index is -6.36. The average molecular weight is 1220 g/mol. The number of ether oxygens (including phenoxy) is 4. The summed E-state index contributed by atoms with van der Waals surface area (Å²) in [7, 11) is -12.7. The Morgan fingerprint density at radius 2 is 0.524 bits per heavy atom. The van der Waals surface area contributed by atoms with Crippen LogP contribution in [0.3, 0.4) is 0 Å². The molecule has 9 nitrogen and oxygen atoms in total. The Balaban J connectivity index is 0.851. The maximum atomic E-state index is 15.2. The van der Waals surface area contributed by atoms with Crippen LogP contribution in [0, 0.1) is 118 Å². The summed E-state index contributed by atoms with van der Waals surface area (Å²) >= 11 is 0. The van der Waals surface area contributed by atoms with E-state index in [1.54, 1.807) is 0 Å². The van der Waals surface area contributed by atoms with Gasteiger partial charge in [-0.25, -0.2) is 69.5 Å². The third kappa shape index (κ3) is 10.2. The van der Waals surface area contributed by atoms with E-state index in [2.05, 4.69) is 0 Å². The highest BCUT2D eigenvalue weighted by Gasteiger charge is 2.43. The van der Waals surface area contributed by atoms with E-state index in [1.807, 2.05) is 6.07 Å². The molecule has 0 aliphatic rings. The van der Waals surface area contributed by atoms with E-state index in [4.69, 9.17) is 18.9 Å². The first-order chi connectivity index (χ1) is 39.6. The number of rotatable bonds is 14. The van der Waals surface area contributed by atoms with Gasteiger partial charge in [0.2, 0.25) is 54.4 Å². The van der Waals surface area contributed by atoms with Crippen molar-refractivity contribution in [3.8, 4) is 74.3 Å². The smallest absolute Gasteiger partial charge is 0.218 e. The van der Waals surface area contributed by atoms with Crippen LogP contribution in [0.15, 0.2) is 135 Å². The Morgan fingerprint density at radius 1 is 0.310 bits per heavy atom. The lowest BCUT2D eigenvalue weighted by Gasteiger charge is -2.15. The van der Waals surface area contributed by atoms with Gasteiger partial charge in [0, 0.05) is 11.1 Å². The first kappa shape index (κ1) is 59.1. The molecule has 0 unspecified atom stereocenters. The van der Waals surface area contributed by atoms with Crippen molar-refractivity contribution < 1.29 is 106 Å². The first-order valence-corrected chi connectivity index (χ1v) is 26.1. The van der Waals surface area contributed by atoms with Crippen molar-refractivity contribution in [2.24, 2.45) is 0 Å². The fraction of sp³-hybridized carbons (Fsp3) is 0.0351. The van der Waals surface area contributed by atoms with Crippen molar-refractivity contribution >= 4 is 19.7 Å². The molecule has 27 heteroatoms. The zero-order valence-corrected chi connectivity index (χ0v) is 43.2. The normalized spacial score (nSPS) is 11.6. The fourth-order valence-electron chi connectivity index (χ4n) is 8.10. The van der Waals surface area contributed by atoms with Crippen LogP contribution in [0.5, 0.6) is 46.0 Å². The summed E-state index contributed by atoms with van der Waals surface area (Å²) < 4.78 is 310. The lowest BCUT2D eigenvalue weighted by Crippen LogP contribution is -2.17. The molecule has 0 aromatic heterocycles. The summed E-state index contributed by atoms with van der Waals surface area (Å²) in [6, 6.07) is 28.1. The van der Waals surface area contributed by atoms with Crippen molar-refractivity contribution in [2.45, 2.75) is 33.4 Å². The van der Waals surface area contributed by atoms with E-state index in [9.17, 15) is 57.2 Å². The molecule has 0 spiro atoms. The van der Waals surface area contributed by atoms with Gasteiger partial charge in [-0.2, -0.15) is 22.8 Å². The van der Waals surface area contributed by atoms with E-state index >= 15 is 35.1 Å². The maximum Gasteiger partial charge on any atom is 0.218 e. The largest absolute Gasteiger partial charge is 0.456 e. The van der Waals surface area contributed by atoms with E-state index in [-0.39, 0.29) is 28.6 Å². The predicted octanol–water partition coefficient (Wildman–Crippen LogP) is 16.6. The number of hydrogen-bond acceptors (Lipinski definition) is 9. The topological polar surface area (TPSA) is 129 Å². The SMILES string of the molecule is Cc1c(F)c(F)c(S(=O)(=O)c2c(F)c(F)c(Oc3ccc(-c4ccc(Oc5cccc(Oc6ccc(-c7ccc(Oc8c(F)c(F)c(S(=O)(=O)c9c(F)c(F)c(C)c(F)c9F)c(F)c8F)cc7)cc6)c5C#N)cc4)cc3)c(F)c2F)c(F)c1F. The van der Waals surface area contributed by atoms with Crippen molar-refractivity contribution in [1.29, 1.82) is 5.26 Å². The van der Waals surface area contributed by atoms with Gasteiger partial charge in [-0.1, -0.05) is 54.6 Å². The molecule has 0 N–H and O–H groups in total. The molecule has 0 fully saturated rings. The molecular formula is C57H25F16NO8S2. The highest BCUT2D eigenvalue weighted by Crippen LogP contribution is 2.43. The van der Waals surface area contributed by atoms with Crippen LogP contribution >= 0.6 is 0 Å². The highest BCUT2D eigenvalue weighted by atomic mass is 32.2. The Labute approximate surface area is 462 Å². The minimum Gasteiger partial charge on any atom is -0.456 e. The Hall–Kier alpha value is -9.55. The van der Waals surface area contributed by atoms with Crippen LogP contribution in [-0.4, -0.2) is 16.8 Å². The van der Waals surface area contributed by atoms with Gasteiger partial charge in [-0.05, 0) is 96.8 Å². The molecule has 0 heterocycles. The monoisotopic (exact) mass is 1220 g/mol. The second-order valence-corrected chi connectivity index (χ2v) is 21.1. The summed E-state index contributed by atoms with van der Waals surface area (Å²) in [6.45, 7) is 1.03. The molecule has 9 rings (SSSR count). The van der Waals surface area contributed by atoms with Crippen molar-refractivity contribution in [3.05, 3.63) is 225 Å². The molecule has 0 saturated carbocycles. The van der Waals surface area contributed by atoms with E-state index in [0.29, 0.717) is 36.1 Å².